The lowest BCUT2D eigenvalue weighted by Crippen LogP contribution is -2.37. The first-order valence-corrected chi connectivity index (χ1v) is 12.6. The van der Waals surface area contributed by atoms with Crippen molar-refractivity contribution in [1.29, 1.82) is 0 Å². The Morgan fingerprint density at radius 2 is 1.55 bits per heavy atom. The molecule has 0 spiro atoms. The van der Waals surface area contributed by atoms with Crippen LogP contribution < -0.4 is 4.90 Å². The summed E-state index contributed by atoms with van der Waals surface area (Å²) in [5, 5.41) is 0. The molecule has 2 aliphatic carbocycles. The summed E-state index contributed by atoms with van der Waals surface area (Å²) >= 11 is 7.37. The van der Waals surface area contributed by atoms with E-state index in [9.17, 15) is 19.2 Å². The van der Waals surface area contributed by atoms with Crippen LogP contribution in [0, 0.1) is 30.6 Å². The second-order valence-electron chi connectivity index (χ2n) is 8.93. The number of anilines is 1. The normalized spacial score (nSPS) is 30.0. The highest BCUT2D eigenvalue weighted by atomic mass is 79.9. The van der Waals surface area contributed by atoms with E-state index in [0.29, 0.717) is 11.3 Å². The molecule has 2 saturated carbocycles. The topological polar surface area (TPSA) is 80.8 Å². The van der Waals surface area contributed by atoms with Gasteiger partial charge in [0.25, 0.3) is 0 Å². The molecule has 6 nitrogen and oxygen atoms in total. The van der Waals surface area contributed by atoms with Crippen molar-refractivity contribution in [3.8, 4) is 0 Å². The number of hydrogen-bond acceptors (Lipinski definition) is 5. The molecule has 1 heterocycles. The van der Waals surface area contributed by atoms with Crippen molar-refractivity contribution in [1.82, 2.24) is 0 Å². The van der Waals surface area contributed by atoms with E-state index in [-0.39, 0.29) is 63.1 Å². The monoisotopic (exact) mass is 573 g/mol. The van der Waals surface area contributed by atoms with E-state index >= 15 is 0 Å². The van der Waals surface area contributed by atoms with Crippen LogP contribution >= 0.6 is 31.9 Å². The number of aryl methyl sites for hydroxylation is 1. The van der Waals surface area contributed by atoms with Crippen molar-refractivity contribution in [2.24, 2.45) is 23.7 Å². The van der Waals surface area contributed by atoms with Gasteiger partial charge in [-0.25, -0.2) is 4.79 Å². The first-order chi connectivity index (χ1) is 15.8. The zero-order valence-electron chi connectivity index (χ0n) is 17.7. The van der Waals surface area contributed by atoms with Gasteiger partial charge in [0.1, 0.15) is 0 Å². The summed E-state index contributed by atoms with van der Waals surface area (Å²) in [6.45, 7) is 1.53. The van der Waals surface area contributed by atoms with Crippen LogP contribution in [0.3, 0.4) is 0 Å². The number of ketones is 1. The summed E-state index contributed by atoms with van der Waals surface area (Å²) in [5.74, 6) is -1.83. The number of carbonyl (C=O) groups is 4. The molecule has 1 aliphatic heterocycles. The van der Waals surface area contributed by atoms with Crippen LogP contribution in [0.1, 0.15) is 32.7 Å². The van der Waals surface area contributed by atoms with Crippen LogP contribution in [-0.2, 0) is 14.3 Å². The standard InChI is InChI=1S/C25H21Br2NO5/c1-12-5-7-13(8-6-12)18(29)11-33-25(32)14-3-2-4-15(9-14)28-23(30)19-16-10-17(20(19)24(28)31)22(27)21(16)26/h2-9,16-17,19-22H,10-11H2,1H3/t16-,17-,19-,20+,21-,22+/m0/s1. The maximum atomic E-state index is 13.2. The number of hydrogen-bond donors (Lipinski definition) is 0. The number of ether oxygens (including phenoxy) is 1. The van der Waals surface area contributed by atoms with Crippen molar-refractivity contribution in [3.63, 3.8) is 0 Å². The summed E-state index contributed by atoms with van der Waals surface area (Å²) in [6.07, 6.45) is 0.855. The Balaban J connectivity index is 1.31. The van der Waals surface area contributed by atoms with Gasteiger partial charge in [0.15, 0.2) is 12.4 Å². The third kappa shape index (κ3) is 3.67. The maximum Gasteiger partial charge on any atom is 0.338 e. The lowest BCUT2D eigenvalue weighted by molar-refractivity contribution is -0.123. The number of imide groups is 1. The molecule has 8 heteroatoms. The fourth-order valence-electron chi connectivity index (χ4n) is 5.41. The molecule has 170 valence electrons. The second kappa shape index (κ2) is 8.47. The van der Waals surface area contributed by atoms with Gasteiger partial charge in [-0.3, -0.25) is 19.3 Å². The first-order valence-electron chi connectivity index (χ1n) is 10.8. The van der Waals surface area contributed by atoms with Gasteiger partial charge in [0.05, 0.1) is 23.1 Å². The average Bonchev–Trinajstić information content (AvgIpc) is 3.42. The van der Waals surface area contributed by atoms with Gasteiger partial charge in [-0.15, -0.1) is 0 Å². The molecule has 0 aromatic heterocycles. The molecule has 2 bridgehead atoms. The Hall–Kier alpha value is -2.32. The van der Waals surface area contributed by atoms with Gasteiger partial charge in [-0.1, -0.05) is 67.8 Å². The molecule has 2 amide bonds. The molecule has 6 atom stereocenters. The second-order valence-corrected chi connectivity index (χ2v) is 11.0. The van der Waals surface area contributed by atoms with Crippen LogP contribution in [0.2, 0.25) is 0 Å². The third-order valence-electron chi connectivity index (χ3n) is 7.04. The van der Waals surface area contributed by atoms with E-state index in [1.807, 2.05) is 19.1 Å². The largest absolute Gasteiger partial charge is 0.454 e. The quantitative estimate of drug-likeness (QED) is 0.230. The highest BCUT2D eigenvalue weighted by molar-refractivity contribution is 9.12. The number of Topliss-reactive ketones (excluding diaryl/α,β-unsaturated/α-hetero) is 1. The average molecular weight is 575 g/mol. The van der Waals surface area contributed by atoms with Gasteiger partial charge < -0.3 is 4.74 Å². The zero-order valence-corrected chi connectivity index (χ0v) is 20.9. The number of carbonyl (C=O) groups excluding carboxylic acids is 4. The van der Waals surface area contributed by atoms with Gasteiger partial charge in [0, 0.05) is 15.2 Å². The molecular weight excluding hydrogens is 554 g/mol. The van der Waals surface area contributed by atoms with E-state index in [4.69, 9.17) is 4.74 Å². The van der Waals surface area contributed by atoms with Crippen molar-refractivity contribution >= 4 is 61.1 Å². The smallest absolute Gasteiger partial charge is 0.338 e. The van der Waals surface area contributed by atoms with E-state index < -0.39 is 5.97 Å². The lowest BCUT2D eigenvalue weighted by atomic mass is 9.81. The first kappa shape index (κ1) is 22.5. The fraction of sp³-hybridized carbons (Fsp3) is 0.360. The van der Waals surface area contributed by atoms with Crippen LogP contribution in [-0.4, -0.2) is 39.8 Å². The van der Waals surface area contributed by atoms with Gasteiger partial charge in [-0.05, 0) is 43.4 Å². The number of nitrogens with zero attached hydrogens (tertiary/aromatic N) is 1. The van der Waals surface area contributed by atoms with Crippen LogP contribution in [0.15, 0.2) is 48.5 Å². The number of fused-ring (bicyclic) bond motifs is 5. The summed E-state index contributed by atoms with van der Waals surface area (Å²) in [5.41, 5.74) is 2.03. The highest BCUT2D eigenvalue weighted by Gasteiger charge is 2.66. The number of rotatable bonds is 5. The van der Waals surface area contributed by atoms with E-state index in [1.54, 1.807) is 30.3 Å². The van der Waals surface area contributed by atoms with Crippen LogP contribution in [0.25, 0.3) is 0 Å². The van der Waals surface area contributed by atoms with Crippen molar-refractivity contribution < 1.29 is 23.9 Å². The Bertz CT molecular complexity index is 1130. The Labute approximate surface area is 207 Å². The van der Waals surface area contributed by atoms with Gasteiger partial charge >= 0.3 is 5.97 Å². The Morgan fingerprint density at radius 3 is 2.15 bits per heavy atom. The predicted octanol–water partition coefficient (Wildman–Crippen LogP) is 4.32. The van der Waals surface area contributed by atoms with Crippen molar-refractivity contribution in [2.75, 3.05) is 11.5 Å². The van der Waals surface area contributed by atoms with E-state index in [1.165, 1.54) is 11.0 Å². The predicted molar refractivity (Wildman–Crippen MR) is 129 cm³/mol. The fourth-order valence-corrected chi connectivity index (χ4v) is 7.29. The molecule has 1 saturated heterocycles. The van der Waals surface area contributed by atoms with Crippen molar-refractivity contribution in [2.45, 2.75) is 23.0 Å². The minimum Gasteiger partial charge on any atom is -0.454 e. The maximum absolute atomic E-state index is 13.2. The molecule has 3 aliphatic rings. The minimum absolute atomic E-state index is 0.117. The number of alkyl halides is 2. The summed E-state index contributed by atoms with van der Waals surface area (Å²) in [7, 11) is 0. The Morgan fingerprint density at radius 1 is 0.939 bits per heavy atom. The number of esters is 1. The van der Waals surface area contributed by atoms with Crippen LogP contribution in [0.4, 0.5) is 5.69 Å². The summed E-state index contributed by atoms with van der Waals surface area (Å²) in [6, 6.07) is 13.3. The molecule has 5 rings (SSSR count). The van der Waals surface area contributed by atoms with Gasteiger partial charge in [-0.2, -0.15) is 0 Å². The molecule has 33 heavy (non-hydrogen) atoms. The van der Waals surface area contributed by atoms with Crippen molar-refractivity contribution in [3.05, 3.63) is 65.2 Å². The molecule has 0 radical (unpaired) electrons. The van der Waals surface area contributed by atoms with Crippen LogP contribution in [0.5, 0.6) is 0 Å². The van der Waals surface area contributed by atoms with E-state index in [2.05, 4.69) is 31.9 Å². The molecule has 0 unspecified atom stereocenters. The molecule has 2 aromatic rings. The minimum atomic E-state index is -0.683. The SMILES string of the molecule is Cc1ccc(C(=O)COC(=O)c2cccc(N3C(=O)[C@@H]4[C@@H]5C[C@H]([C@H](Br)[C@@H]5Br)[C@@H]4C3=O)c2)cc1. The molecule has 3 fully saturated rings. The number of benzene rings is 2. The lowest BCUT2D eigenvalue weighted by Gasteiger charge is -2.28. The summed E-state index contributed by atoms with van der Waals surface area (Å²) < 4.78 is 5.20. The van der Waals surface area contributed by atoms with E-state index in [0.717, 1.165) is 12.0 Å². The Kier molecular flexibility index (Phi) is 5.77. The zero-order chi connectivity index (χ0) is 23.4. The highest BCUT2D eigenvalue weighted by Crippen LogP contribution is 2.60. The summed E-state index contributed by atoms with van der Waals surface area (Å²) in [4.78, 5) is 52.9. The molecular formula is C25H21Br2NO5. The number of amides is 2. The third-order valence-corrected chi connectivity index (χ3v) is 10.2. The molecule has 0 N–H and O–H groups in total. The van der Waals surface area contributed by atoms with Gasteiger partial charge in [0.2, 0.25) is 11.8 Å². The number of halogens is 2. The molecule has 2 aromatic carbocycles.